The van der Waals surface area contributed by atoms with Crippen LogP contribution < -0.4 is 14.8 Å². The Morgan fingerprint density at radius 2 is 1.86 bits per heavy atom. The van der Waals surface area contributed by atoms with Crippen molar-refractivity contribution in [3.05, 3.63) is 56.4 Å². The molecule has 1 N–H and O–H groups in total. The third-order valence-electron chi connectivity index (χ3n) is 5.16. The summed E-state index contributed by atoms with van der Waals surface area (Å²) in [4.78, 5) is 50.4. The second-order valence-corrected chi connectivity index (χ2v) is 9.59. The van der Waals surface area contributed by atoms with E-state index < -0.39 is 29.6 Å². The summed E-state index contributed by atoms with van der Waals surface area (Å²) in [7, 11) is 1.26. The second-order valence-electron chi connectivity index (χ2n) is 7.74. The molecular formula is C25H25BrN2O7S. The van der Waals surface area contributed by atoms with Crippen LogP contribution in [0.4, 0.5) is 10.5 Å². The van der Waals surface area contributed by atoms with Crippen molar-refractivity contribution in [2.45, 2.75) is 20.8 Å². The number of esters is 1. The van der Waals surface area contributed by atoms with Gasteiger partial charge in [0, 0.05) is 5.69 Å². The number of amides is 3. The predicted octanol–water partition coefficient (Wildman–Crippen LogP) is 4.69. The summed E-state index contributed by atoms with van der Waals surface area (Å²) in [5, 5.41) is 2.18. The number of nitrogens with zero attached hydrogens (tertiary/aromatic N) is 1. The van der Waals surface area contributed by atoms with Gasteiger partial charge in [-0.1, -0.05) is 6.07 Å². The van der Waals surface area contributed by atoms with E-state index in [2.05, 4.69) is 26.0 Å². The van der Waals surface area contributed by atoms with Crippen molar-refractivity contribution in [3.63, 3.8) is 0 Å². The van der Waals surface area contributed by atoms with Crippen molar-refractivity contribution < 1.29 is 33.4 Å². The molecule has 0 atom stereocenters. The maximum Gasteiger partial charge on any atom is 0.343 e. The molecule has 1 aliphatic rings. The van der Waals surface area contributed by atoms with E-state index in [0.29, 0.717) is 33.8 Å². The molecule has 0 spiro atoms. The molecule has 2 aromatic rings. The maximum absolute atomic E-state index is 12.9. The smallest absolute Gasteiger partial charge is 0.343 e. The standard InChI is InChI=1S/C25H25BrN2O7S/c1-5-34-19-10-16(9-18(26)23(19)35-13-22(30)33-4)11-20-24(31)28(25(32)36-20)12-21(29)27-17-7-6-14(2)15(3)8-17/h6-11H,5,12-13H2,1-4H3,(H,27,29)/b20-11+. The number of imide groups is 1. The van der Waals surface area contributed by atoms with E-state index in [-0.39, 0.29) is 11.5 Å². The first kappa shape index (κ1) is 27.3. The predicted molar refractivity (Wildman–Crippen MR) is 140 cm³/mol. The fraction of sp³-hybridized carbons (Fsp3) is 0.280. The van der Waals surface area contributed by atoms with Crippen LogP contribution in [0.5, 0.6) is 11.5 Å². The van der Waals surface area contributed by atoms with Crippen LogP contribution in [0.3, 0.4) is 0 Å². The highest BCUT2D eigenvalue weighted by Gasteiger charge is 2.36. The van der Waals surface area contributed by atoms with E-state index in [0.717, 1.165) is 27.8 Å². The lowest BCUT2D eigenvalue weighted by molar-refractivity contribution is -0.143. The highest BCUT2D eigenvalue weighted by molar-refractivity contribution is 9.10. The van der Waals surface area contributed by atoms with Crippen LogP contribution in [-0.4, -0.2) is 54.8 Å². The van der Waals surface area contributed by atoms with E-state index in [4.69, 9.17) is 9.47 Å². The molecule has 0 aromatic heterocycles. The second kappa shape index (κ2) is 12.1. The average Bonchev–Trinajstić information content (AvgIpc) is 3.08. The maximum atomic E-state index is 12.9. The monoisotopic (exact) mass is 576 g/mol. The van der Waals surface area contributed by atoms with Gasteiger partial charge in [-0.3, -0.25) is 19.3 Å². The van der Waals surface area contributed by atoms with Crippen LogP contribution in [0.1, 0.15) is 23.6 Å². The Kier molecular flexibility index (Phi) is 9.16. The Morgan fingerprint density at radius 1 is 1.11 bits per heavy atom. The van der Waals surface area contributed by atoms with Crippen LogP contribution in [0.2, 0.25) is 0 Å². The summed E-state index contributed by atoms with van der Waals surface area (Å²) >= 11 is 4.14. The number of rotatable bonds is 9. The van der Waals surface area contributed by atoms with Crippen LogP contribution in [0.15, 0.2) is 39.7 Å². The molecule has 1 heterocycles. The summed E-state index contributed by atoms with van der Waals surface area (Å²) < 4.78 is 16.2. The summed E-state index contributed by atoms with van der Waals surface area (Å²) in [6.45, 7) is 5.31. The van der Waals surface area contributed by atoms with Gasteiger partial charge >= 0.3 is 5.97 Å². The molecule has 9 nitrogen and oxygen atoms in total. The molecule has 11 heteroatoms. The van der Waals surface area contributed by atoms with Crippen molar-refractivity contribution in [3.8, 4) is 11.5 Å². The molecule has 0 aliphatic carbocycles. The first-order valence-corrected chi connectivity index (χ1v) is 12.5. The highest BCUT2D eigenvalue weighted by atomic mass is 79.9. The van der Waals surface area contributed by atoms with Gasteiger partial charge in [0.1, 0.15) is 6.54 Å². The van der Waals surface area contributed by atoms with Crippen molar-refractivity contribution in [2.24, 2.45) is 0 Å². The molecule has 1 saturated heterocycles. The van der Waals surface area contributed by atoms with Gasteiger partial charge in [-0.05, 0) is 95.5 Å². The van der Waals surface area contributed by atoms with Gasteiger partial charge in [0.25, 0.3) is 11.1 Å². The number of carbonyl (C=O) groups is 4. The number of hydrogen-bond acceptors (Lipinski definition) is 8. The Balaban J connectivity index is 1.76. The topological polar surface area (TPSA) is 111 Å². The number of halogens is 1. The molecule has 36 heavy (non-hydrogen) atoms. The highest BCUT2D eigenvalue weighted by Crippen LogP contribution is 2.39. The first-order chi connectivity index (χ1) is 17.1. The SMILES string of the molecule is CCOc1cc(/C=C2/SC(=O)N(CC(=O)Nc3ccc(C)c(C)c3)C2=O)cc(Br)c1OCC(=O)OC. The average molecular weight is 577 g/mol. The number of carbonyl (C=O) groups excluding carboxylic acids is 4. The van der Waals surface area contributed by atoms with Crippen LogP contribution >= 0.6 is 27.7 Å². The van der Waals surface area contributed by atoms with E-state index >= 15 is 0 Å². The Bertz CT molecular complexity index is 1250. The minimum absolute atomic E-state index is 0.163. The molecule has 1 aliphatic heterocycles. The normalized spacial score (nSPS) is 14.2. The number of benzene rings is 2. The number of nitrogens with one attached hydrogen (secondary N) is 1. The summed E-state index contributed by atoms with van der Waals surface area (Å²) in [6, 6.07) is 8.76. The molecule has 1 fully saturated rings. The summed E-state index contributed by atoms with van der Waals surface area (Å²) in [6.07, 6.45) is 1.53. The quantitative estimate of drug-likeness (QED) is 0.338. The summed E-state index contributed by atoms with van der Waals surface area (Å²) in [5.74, 6) is -0.955. The van der Waals surface area contributed by atoms with Gasteiger partial charge in [-0.2, -0.15) is 0 Å². The van der Waals surface area contributed by atoms with Gasteiger partial charge in [-0.25, -0.2) is 4.79 Å². The number of anilines is 1. The van der Waals surface area contributed by atoms with E-state index in [9.17, 15) is 19.2 Å². The van der Waals surface area contributed by atoms with Gasteiger partial charge in [-0.15, -0.1) is 0 Å². The molecule has 0 radical (unpaired) electrons. The zero-order valence-electron chi connectivity index (χ0n) is 20.2. The molecule has 2 aromatic carbocycles. The van der Waals surface area contributed by atoms with Gasteiger partial charge in [0.15, 0.2) is 18.1 Å². The van der Waals surface area contributed by atoms with E-state index in [1.165, 1.54) is 13.2 Å². The van der Waals surface area contributed by atoms with Gasteiger partial charge < -0.3 is 19.5 Å². The zero-order valence-corrected chi connectivity index (χ0v) is 22.6. The van der Waals surface area contributed by atoms with E-state index in [1.54, 1.807) is 25.1 Å². The number of hydrogen-bond donors (Lipinski definition) is 1. The number of aryl methyl sites for hydroxylation is 2. The minimum Gasteiger partial charge on any atom is -0.490 e. The lowest BCUT2D eigenvalue weighted by Crippen LogP contribution is -2.36. The number of thioether (sulfide) groups is 1. The fourth-order valence-corrected chi connectivity index (χ4v) is 4.63. The van der Waals surface area contributed by atoms with Gasteiger partial charge in [0.05, 0.1) is 23.1 Å². The minimum atomic E-state index is -0.569. The molecule has 3 amide bonds. The van der Waals surface area contributed by atoms with Crippen LogP contribution in [-0.2, 0) is 19.1 Å². The van der Waals surface area contributed by atoms with Crippen molar-refractivity contribution in [2.75, 3.05) is 32.2 Å². The summed E-state index contributed by atoms with van der Waals surface area (Å²) in [5.41, 5.74) is 3.25. The molecule has 0 saturated carbocycles. The number of methoxy groups -OCH3 is 1. The van der Waals surface area contributed by atoms with Crippen LogP contribution in [0, 0.1) is 13.8 Å². The molecule has 0 bridgehead atoms. The van der Waals surface area contributed by atoms with Crippen molar-refractivity contribution >= 4 is 62.5 Å². The third-order valence-corrected chi connectivity index (χ3v) is 6.65. The third kappa shape index (κ3) is 6.67. The largest absolute Gasteiger partial charge is 0.490 e. The number of ether oxygens (including phenoxy) is 3. The fourth-order valence-electron chi connectivity index (χ4n) is 3.22. The Hall–Kier alpha value is -3.31. The molecule has 0 unspecified atom stereocenters. The van der Waals surface area contributed by atoms with Crippen LogP contribution in [0.25, 0.3) is 6.08 Å². The van der Waals surface area contributed by atoms with Gasteiger partial charge in [0.2, 0.25) is 5.91 Å². The first-order valence-electron chi connectivity index (χ1n) is 10.9. The molecule has 190 valence electrons. The Morgan fingerprint density at radius 3 is 2.53 bits per heavy atom. The van der Waals surface area contributed by atoms with E-state index in [1.807, 2.05) is 26.0 Å². The molecule has 3 rings (SSSR count). The zero-order chi connectivity index (χ0) is 26.4. The van der Waals surface area contributed by atoms with Crippen molar-refractivity contribution in [1.29, 1.82) is 0 Å². The molecular weight excluding hydrogens is 552 g/mol. The lowest BCUT2D eigenvalue weighted by atomic mass is 10.1. The van der Waals surface area contributed by atoms with Crippen molar-refractivity contribution in [1.82, 2.24) is 4.90 Å². The lowest BCUT2D eigenvalue weighted by Gasteiger charge is -2.14. The Labute approximate surface area is 221 Å².